The van der Waals surface area contributed by atoms with Gasteiger partial charge in [0, 0.05) is 5.69 Å². The molecule has 1 N–H and O–H groups in total. The molecule has 0 atom stereocenters. The molecule has 26 heavy (non-hydrogen) atoms. The molecule has 0 aromatic heterocycles. The molecule has 6 heteroatoms. The summed E-state index contributed by atoms with van der Waals surface area (Å²) < 4.78 is 16.0. The zero-order chi connectivity index (χ0) is 18.9. The van der Waals surface area contributed by atoms with E-state index in [0.29, 0.717) is 29.7 Å². The monoisotopic (exact) mass is 357 g/mol. The normalized spacial score (nSPS) is 10.3. The summed E-state index contributed by atoms with van der Waals surface area (Å²) in [4.78, 5) is 24.0. The summed E-state index contributed by atoms with van der Waals surface area (Å²) in [7, 11) is 1.50. The van der Waals surface area contributed by atoms with Crippen molar-refractivity contribution in [3.63, 3.8) is 0 Å². The lowest BCUT2D eigenvalue weighted by Crippen LogP contribution is -2.20. The number of amides is 1. The van der Waals surface area contributed by atoms with Crippen LogP contribution in [0.3, 0.4) is 0 Å². The molecule has 2 aromatic rings. The first-order valence-electron chi connectivity index (χ1n) is 8.32. The largest absolute Gasteiger partial charge is 0.493 e. The van der Waals surface area contributed by atoms with Gasteiger partial charge in [-0.25, -0.2) is 4.79 Å². The smallest absolute Gasteiger partial charge is 0.338 e. The lowest BCUT2D eigenvalue weighted by Gasteiger charge is -2.13. The Morgan fingerprint density at radius 3 is 2.42 bits per heavy atom. The highest BCUT2D eigenvalue weighted by molar-refractivity contribution is 5.95. The zero-order valence-corrected chi connectivity index (χ0v) is 15.2. The quantitative estimate of drug-likeness (QED) is 0.732. The third-order valence-corrected chi connectivity index (χ3v) is 3.36. The molecule has 6 nitrogen and oxygen atoms in total. The molecule has 2 aromatic carbocycles. The Morgan fingerprint density at radius 2 is 1.77 bits per heavy atom. The summed E-state index contributed by atoms with van der Waals surface area (Å²) in [6.07, 6.45) is 0. The number of carbonyl (C=O) groups excluding carboxylic acids is 2. The van der Waals surface area contributed by atoms with E-state index < -0.39 is 11.9 Å². The van der Waals surface area contributed by atoms with E-state index in [0.717, 1.165) is 0 Å². The van der Waals surface area contributed by atoms with Crippen molar-refractivity contribution in [2.24, 2.45) is 5.92 Å². The summed E-state index contributed by atoms with van der Waals surface area (Å²) in [5, 5.41) is 2.65. The van der Waals surface area contributed by atoms with Crippen molar-refractivity contribution < 1.29 is 23.8 Å². The Bertz CT molecular complexity index is 743. The second kappa shape index (κ2) is 9.46. The molecule has 2 rings (SSSR count). The second-order valence-corrected chi connectivity index (χ2v) is 6.06. The van der Waals surface area contributed by atoms with Gasteiger partial charge in [0.05, 0.1) is 19.3 Å². The van der Waals surface area contributed by atoms with Gasteiger partial charge in [-0.3, -0.25) is 4.79 Å². The number of ether oxygens (including phenoxy) is 3. The highest BCUT2D eigenvalue weighted by atomic mass is 16.5. The van der Waals surface area contributed by atoms with E-state index in [9.17, 15) is 9.59 Å². The molecule has 0 aliphatic rings. The summed E-state index contributed by atoms with van der Waals surface area (Å²) in [5.74, 6) is 0.344. The fourth-order valence-corrected chi connectivity index (χ4v) is 2.10. The van der Waals surface area contributed by atoms with E-state index in [1.807, 2.05) is 19.9 Å². The van der Waals surface area contributed by atoms with Crippen molar-refractivity contribution in [2.45, 2.75) is 13.8 Å². The molecule has 0 saturated heterocycles. The van der Waals surface area contributed by atoms with Crippen molar-refractivity contribution in [3.05, 3.63) is 54.1 Å². The number of para-hydroxylation sites is 1. The highest BCUT2D eigenvalue weighted by Crippen LogP contribution is 2.28. The average molecular weight is 357 g/mol. The van der Waals surface area contributed by atoms with Gasteiger partial charge in [-0.1, -0.05) is 32.0 Å². The molecular formula is C20H23NO5. The Kier molecular flexibility index (Phi) is 7.02. The average Bonchev–Trinajstić information content (AvgIpc) is 2.65. The highest BCUT2D eigenvalue weighted by Gasteiger charge is 2.14. The third-order valence-electron chi connectivity index (χ3n) is 3.36. The Labute approximate surface area is 153 Å². The summed E-state index contributed by atoms with van der Waals surface area (Å²) in [6.45, 7) is 4.25. The Morgan fingerprint density at radius 1 is 1.04 bits per heavy atom. The maximum atomic E-state index is 12.1. The molecule has 0 bridgehead atoms. The van der Waals surface area contributed by atoms with Gasteiger partial charge in [-0.05, 0) is 36.2 Å². The number of benzene rings is 2. The SMILES string of the molecule is COc1cc(C(=O)OCC(=O)Nc2ccccc2)ccc1OCC(C)C. The van der Waals surface area contributed by atoms with Gasteiger partial charge in [0.1, 0.15) is 0 Å². The summed E-state index contributed by atoms with van der Waals surface area (Å²) >= 11 is 0. The van der Waals surface area contributed by atoms with Crippen LogP contribution in [0.25, 0.3) is 0 Å². The van der Waals surface area contributed by atoms with E-state index in [1.165, 1.54) is 13.2 Å². The van der Waals surface area contributed by atoms with Gasteiger partial charge in [-0.2, -0.15) is 0 Å². The zero-order valence-electron chi connectivity index (χ0n) is 15.2. The first-order valence-corrected chi connectivity index (χ1v) is 8.32. The molecular weight excluding hydrogens is 334 g/mol. The van der Waals surface area contributed by atoms with Crippen molar-refractivity contribution in [1.29, 1.82) is 0 Å². The van der Waals surface area contributed by atoms with Gasteiger partial charge in [0.25, 0.3) is 5.91 Å². The molecule has 0 heterocycles. The van der Waals surface area contributed by atoms with Crippen molar-refractivity contribution >= 4 is 17.6 Å². The molecule has 0 saturated carbocycles. The molecule has 0 aliphatic carbocycles. The van der Waals surface area contributed by atoms with Gasteiger partial charge in [0.15, 0.2) is 18.1 Å². The Balaban J connectivity index is 1.93. The molecule has 138 valence electrons. The van der Waals surface area contributed by atoms with Gasteiger partial charge >= 0.3 is 5.97 Å². The second-order valence-electron chi connectivity index (χ2n) is 6.06. The summed E-state index contributed by atoms with van der Waals surface area (Å²) in [6, 6.07) is 13.7. The van der Waals surface area contributed by atoms with Gasteiger partial charge in [-0.15, -0.1) is 0 Å². The van der Waals surface area contributed by atoms with E-state index in [-0.39, 0.29) is 12.2 Å². The van der Waals surface area contributed by atoms with Crippen molar-refractivity contribution in [3.8, 4) is 11.5 Å². The van der Waals surface area contributed by atoms with Crippen LogP contribution in [-0.2, 0) is 9.53 Å². The lowest BCUT2D eigenvalue weighted by molar-refractivity contribution is -0.119. The number of anilines is 1. The predicted molar refractivity (Wildman–Crippen MR) is 98.7 cm³/mol. The first-order chi connectivity index (χ1) is 12.5. The minimum absolute atomic E-state index is 0.284. The number of carbonyl (C=O) groups is 2. The number of methoxy groups -OCH3 is 1. The molecule has 0 aliphatic heterocycles. The molecule has 0 spiro atoms. The number of hydrogen-bond acceptors (Lipinski definition) is 5. The molecule has 1 amide bonds. The summed E-state index contributed by atoms with van der Waals surface area (Å²) in [5.41, 5.74) is 0.924. The molecule has 0 radical (unpaired) electrons. The van der Waals surface area contributed by atoms with E-state index in [4.69, 9.17) is 14.2 Å². The van der Waals surface area contributed by atoms with Crippen LogP contribution >= 0.6 is 0 Å². The van der Waals surface area contributed by atoms with Crippen molar-refractivity contribution in [1.82, 2.24) is 0 Å². The maximum Gasteiger partial charge on any atom is 0.338 e. The number of rotatable bonds is 8. The van der Waals surface area contributed by atoms with Crippen LogP contribution in [0.5, 0.6) is 11.5 Å². The Hall–Kier alpha value is -3.02. The molecule has 0 fully saturated rings. The van der Waals surface area contributed by atoms with Crippen molar-refractivity contribution in [2.75, 3.05) is 25.6 Å². The number of nitrogens with one attached hydrogen (secondary N) is 1. The van der Waals surface area contributed by atoms with E-state index in [2.05, 4.69) is 5.32 Å². The van der Waals surface area contributed by atoms with Gasteiger partial charge < -0.3 is 19.5 Å². The van der Waals surface area contributed by atoms with Crippen LogP contribution in [0.15, 0.2) is 48.5 Å². The minimum Gasteiger partial charge on any atom is -0.493 e. The number of esters is 1. The fourth-order valence-electron chi connectivity index (χ4n) is 2.10. The van der Waals surface area contributed by atoms with E-state index >= 15 is 0 Å². The minimum atomic E-state index is -0.609. The van der Waals surface area contributed by atoms with Crippen LogP contribution in [0.1, 0.15) is 24.2 Å². The number of hydrogen-bond donors (Lipinski definition) is 1. The standard InChI is InChI=1S/C20H23NO5/c1-14(2)12-25-17-10-9-15(11-18(17)24-3)20(23)26-13-19(22)21-16-7-5-4-6-8-16/h4-11,14H,12-13H2,1-3H3,(H,21,22). The van der Waals surface area contributed by atoms with Crippen LogP contribution in [0.4, 0.5) is 5.69 Å². The molecule has 0 unspecified atom stereocenters. The third kappa shape index (κ3) is 5.81. The lowest BCUT2D eigenvalue weighted by atomic mass is 10.2. The van der Waals surface area contributed by atoms with Crippen LogP contribution < -0.4 is 14.8 Å². The van der Waals surface area contributed by atoms with Crippen LogP contribution in [-0.4, -0.2) is 32.2 Å². The topological polar surface area (TPSA) is 73.9 Å². The fraction of sp³-hybridized carbons (Fsp3) is 0.300. The van der Waals surface area contributed by atoms with E-state index in [1.54, 1.807) is 36.4 Å². The van der Waals surface area contributed by atoms with Gasteiger partial charge in [0.2, 0.25) is 0 Å². The maximum absolute atomic E-state index is 12.1. The van der Waals surface area contributed by atoms with Crippen LogP contribution in [0.2, 0.25) is 0 Å². The first kappa shape index (κ1) is 19.3. The predicted octanol–water partition coefficient (Wildman–Crippen LogP) is 3.53. The van der Waals surface area contributed by atoms with Crippen LogP contribution in [0, 0.1) is 5.92 Å².